The molecule has 0 spiro atoms. The van der Waals surface area contributed by atoms with Gasteiger partial charge < -0.3 is 4.74 Å². The maximum Gasteiger partial charge on any atom is 0.262 e. The summed E-state index contributed by atoms with van der Waals surface area (Å²) in [5.41, 5.74) is 1.95. The molecular weight excluding hydrogens is 412 g/mol. The van der Waals surface area contributed by atoms with E-state index in [0.29, 0.717) is 11.9 Å². The van der Waals surface area contributed by atoms with E-state index in [-0.39, 0.29) is 11.7 Å². The highest BCUT2D eigenvalue weighted by atomic mass is 79.9. The minimum Gasteiger partial charge on any atom is -0.376 e. The first-order valence-corrected chi connectivity index (χ1v) is 10.5. The number of hydrogen-bond donors (Lipinski definition) is 0. The van der Waals surface area contributed by atoms with Crippen LogP contribution in [0.3, 0.4) is 0 Å². The van der Waals surface area contributed by atoms with Crippen LogP contribution in [0.4, 0.5) is 0 Å². The first-order valence-electron chi connectivity index (χ1n) is 8.69. The Hall–Kier alpha value is -1.63. The fourth-order valence-corrected chi connectivity index (χ4v) is 4.58. The minimum absolute atomic E-state index is 0.0165. The number of thioether (sulfide) groups is 1. The molecule has 0 aliphatic carbocycles. The van der Waals surface area contributed by atoms with Crippen molar-refractivity contribution in [1.29, 1.82) is 0 Å². The minimum atomic E-state index is 0.0165. The first-order chi connectivity index (χ1) is 12.7. The third-order valence-electron chi connectivity index (χ3n) is 4.49. The number of para-hydroxylation sites is 1. The summed E-state index contributed by atoms with van der Waals surface area (Å²) in [6, 6.07) is 15.8. The molecule has 1 saturated heterocycles. The number of fused-ring (bicyclic) bond motifs is 1. The second kappa shape index (κ2) is 7.94. The molecular formula is C20H19BrN2O2S. The SMILES string of the molecule is O=c1c2ccccc2nc(SCc2cccc(Br)c2)n1CC1CCCO1. The van der Waals surface area contributed by atoms with Crippen LogP contribution in [0.15, 0.2) is 63.0 Å². The van der Waals surface area contributed by atoms with E-state index in [9.17, 15) is 4.79 Å². The van der Waals surface area contributed by atoms with Crippen molar-refractivity contribution >= 4 is 38.6 Å². The standard InChI is InChI=1S/C20H19BrN2O2S/c21-15-6-3-5-14(11-15)13-26-20-22-18-9-2-1-8-17(18)19(24)23(20)12-16-7-4-10-25-16/h1-3,5-6,8-9,11,16H,4,7,10,12-13H2. The van der Waals surface area contributed by atoms with Crippen LogP contribution in [0.5, 0.6) is 0 Å². The lowest BCUT2D eigenvalue weighted by Gasteiger charge is -2.16. The number of aromatic nitrogens is 2. The van der Waals surface area contributed by atoms with Crippen LogP contribution in [-0.2, 0) is 17.0 Å². The lowest BCUT2D eigenvalue weighted by atomic mass is 10.2. The van der Waals surface area contributed by atoms with Gasteiger partial charge >= 0.3 is 0 Å². The summed E-state index contributed by atoms with van der Waals surface area (Å²) >= 11 is 5.11. The molecule has 1 unspecified atom stereocenters. The molecule has 134 valence electrons. The van der Waals surface area contributed by atoms with E-state index in [4.69, 9.17) is 9.72 Å². The first kappa shape index (κ1) is 17.8. The maximum absolute atomic E-state index is 13.0. The summed E-state index contributed by atoms with van der Waals surface area (Å²) in [5.74, 6) is 0.760. The summed E-state index contributed by atoms with van der Waals surface area (Å²) in [6.07, 6.45) is 2.15. The summed E-state index contributed by atoms with van der Waals surface area (Å²) in [7, 11) is 0. The van der Waals surface area contributed by atoms with E-state index < -0.39 is 0 Å². The van der Waals surface area contributed by atoms with E-state index in [0.717, 1.165) is 40.3 Å². The van der Waals surface area contributed by atoms with Crippen LogP contribution in [-0.4, -0.2) is 22.3 Å². The molecule has 2 aromatic carbocycles. The van der Waals surface area contributed by atoms with Gasteiger partial charge in [0.15, 0.2) is 5.16 Å². The number of halogens is 1. The number of rotatable bonds is 5. The number of benzene rings is 2. The molecule has 1 aliphatic rings. The molecule has 0 amide bonds. The smallest absolute Gasteiger partial charge is 0.262 e. The second-order valence-electron chi connectivity index (χ2n) is 6.38. The summed E-state index contributed by atoms with van der Waals surface area (Å²) in [6.45, 7) is 1.35. The Balaban J connectivity index is 1.69. The second-order valence-corrected chi connectivity index (χ2v) is 8.24. The molecule has 1 aromatic heterocycles. The fourth-order valence-electron chi connectivity index (χ4n) is 3.19. The average Bonchev–Trinajstić information content (AvgIpc) is 3.16. The van der Waals surface area contributed by atoms with Crippen LogP contribution in [0.1, 0.15) is 18.4 Å². The monoisotopic (exact) mass is 430 g/mol. The van der Waals surface area contributed by atoms with Gasteiger partial charge in [0, 0.05) is 16.8 Å². The lowest BCUT2D eigenvalue weighted by Crippen LogP contribution is -2.28. The van der Waals surface area contributed by atoms with E-state index in [2.05, 4.69) is 28.1 Å². The normalized spacial score (nSPS) is 17.0. The topological polar surface area (TPSA) is 44.1 Å². The van der Waals surface area contributed by atoms with E-state index in [1.54, 1.807) is 16.3 Å². The lowest BCUT2D eigenvalue weighted by molar-refractivity contribution is 0.0937. The van der Waals surface area contributed by atoms with E-state index in [1.165, 1.54) is 5.56 Å². The predicted octanol–water partition coefficient (Wildman–Crippen LogP) is 4.63. The van der Waals surface area contributed by atoms with Gasteiger partial charge in [-0.15, -0.1) is 0 Å². The molecule has 0 bridgehead atoms. The predicted molar refractivity (Wildman–Crippen MR) is 109 cm³/mol. The highest BCUT2D eigenvalue weighted by Crippen LogP contribution is 2.25. The van der Waals surface area contributed by atoms with Crippen LogP contribution in [0, 0.1) is 0 Å². The molecule has 0 radical (unpaired) electrons. The molecule has 2 heterocycles. The molecule has 1 fully saturated rings. The van der Waals surface area contributed by atoms with Crippen molar-refractivity contribution in [2.24, 2.45) is 0 Å². The van der Waals surface area contributed by atoms with Gasteiger partial charge in [0.05, 0.1) is 23.6 Å². The largest absolute Gasteiger partial charge is 0.376 e. The fraction of sp³-hybridized carbons (Fsp3) is 0.300. The number of ether oxygens (including phenoxy) is 1. The van der Waals surface area contributed by atoms with E-state index >= 15 is 0 Å². The van der Waals surface area contributed by atoms with E-state index in [1.807, 2.05) is 36.4 Å². The molecule has 26 heavy (non-hydrogen) atoms. The van der Waals surface area contributed by atoms with Crippen molar-refractivity contribution in [2.45, 2.75) is 36.4 Å². The maximum atomic E-state index is 13.0. The zero-order chi connectivity index (χ0) is 17.9. The van der Waals surface area contributed by atoms with Crippen molar-refractivity contribution in [3.8, 4) is 0 Å². The van der Waals surface area contributed by atoms with Crippen molar-refractivity contribution in [3.63, 3.8) is 0 Å². The van der Waals surface area contributed by atoms with Crippen LogP contribution in [0.25, 0.3) is 10.9 Å². The van der Waals surface area contributed by atoms with Gasteiger partial charge in [-0.05, 0) is 42.7 Å². The summed E-state index contributed by atoms with van der Waals surface area (Å²) < 4.78 is 8.60. The Morgan fingerprint density at radius 1 is 1.23 bits per heavy atom. The van der Waals surface area contributed by atoms with Crippen LogP contribution >= 0.6 is 27.7 Å². The quantitative estimate of drug-likeness (QED) is 0.437. The van der Waals surface area contributed by atoms with Gasteiger partial charge in [-0.25, -0.2) is 4.98 Å². The zero-order valence-corrected chi connectivity index (χ0v) is 16.6. The molecule has 1 atom stereocenters. The highest BCUT2D eigenvalue weighted by Gasteiger charge is 2.20. The third-order valence-corrected chi connectivity index (χ3v) is 6.03. The Morgan fingerprint density at radius 2 is 2.12 bits per heavy atom. The average molecular weight is 431 g/mol. The van der Waals surface area contributed by atoms with Gasteiger partial charge in [0.25, 0.3) is 5.56 Å². The summed E-state index contributed by atoms with van der Waals surface area (Å²) in [4.78, 5) is 17.8. The number of nitrogens with zero attached hydrogens (tertiary/aromatic N) is 2. The van der Waals surface area contributed by atoms with Crippen LogP contribution in [0.2, 0.25) is 0 Å². The van der Waals surface area contributed by atoms with Crippen molar-refractivity contribution in [3.05, 3.63) is 68.9 Å². The Morgan fingerprint density at radius 3 is 2.92 bits per heavy atom. The zero-order valence-electron chi connectivity index (χ0n) is 14.2. The molecule has 6 heteroatoms. The Labute approximate surface area is 164 Å². The van der Waals surface area contributed by atoms with Gasteiger partial charge in [-0.2, -0.15) is 0 Å². The van der Waals surface area contributed by atoms with Gasteiger partial charge in [0.1, 0.15) is 0 Å². The van der Waals surface area contributed by atoms with Crippen molar-refractivity contribution < 1.29 is 4.74 Å². The Bertz CT molecular complexity index is 983. The molecule has 1 aliphatic heterocycles. The Kier molecular flexibility index (Phi) is 5.43. The highest BCUT2D eigenvalue weighted by molar-refractivity contribution is 9.10. The molecule has 0 N–H and O–H groups in total. The molecule has 3 aromatic rings. The van der Waals surface area contributed by atoms with Crippen LogP contribution < -0.4 is 5.56 Å². The molecule has 4 nitrogen and oxygen atoms in total. The van der Waals surface area contributed by atoms with Crippen molar-refractivity contribution in [1.82, 2.24) is 9.55 Å². The molecule has 4 rings (SSSR count). The number of hydrogen-bond acceptors (Lipinski definition) is 4. The third kappa shape index (κ3) is 3.87. The van der Waals surface area contributed by atoms with Gasteiger partial charge in [-0.1, -0.05) is 52.0 Å². The van der Waals surface area contributed by atoms with Gasteiger partial charge in [0.2, 0.25) is 0 Å². The summed E-state index contributed by atoms with van der Waals surface area (Å²) in [5, 5.41) is 1.42. The molecule has 0 saturated carbocycles. The van der Waals surface area contributed by atoms with Gasteiger partial charge in [-0.3, -0.25) is 9.36 Å². The van der Waals surface area contributed by atoms with Crippen molar-refractivity contribution in [2.75, 3.05) is 6.61 Å².